The topological polar surface area (TPSA) is 115 Å². The Kier molecular flexibility index (Phi) is 3.97. The van der Waals surface area contributed by atoms with Crippen LogP contribution in [0.4, 0.5) is 11.4 Å². The summed E-state index contributed by atoms with van der Waals surface area (Å²) in [5, 5.41) is 10.6. The summed E-state index contributed by atoms with van der Waals surface area (Å²) in [4.78, 5) is 9.92. The van der Waals surface area contributed by atoms with Crippen molar-refractivity contribution in [3.05, 3.63) is 28.3 Å². The van der Waals surface area contributed by atoms with Gasteiger partial charge in [-0.3, -0.25) is 10.1 Å². The van der Waals surface area contributed by atoms with Gasteiger partial charge in [-0.2, -0.15) is 11.8 Å². The minimum atomic E-state index is -3.67. The van der Waals surface area contributed by atoms with Crippen LogP contribution in [-0.4, -0.2) is 30.9 Å². The van der Waals surface area contributed by atoms with Crippen molar-refractivity contribution < 1.29 is 13.3 Å². The van der Waals surface area contributed by atoms with Crippen LogP contribution in [0.15, 0.2) is 23.1 Å². The van der Waals surface area contributed by atoms with Gasteiger partial charge in [-0.15, -0.1) is 0 Å². The van der Waals surface area contributed by atoms with Crippen LogP contribution in [-0.2, 0) is 10.0 Å². The smallest absolute Gasteiger partial charge is 0.292 e. The molecule has 1 aliphatic rings. The molecule has 1 fully saturated rings. The minimum Gasteiger partial charge on any atom is -0.393 e. The number of nitrogens with zero attached hydrogens (tertiary/aromatic N) is 1. The zero-order chi connectivity index (χ0) is 14.0. The second-order valence-corrected chi connectivity index (χ2v) is 7.02. The first-order valence-corrected chi connectivity index (χ1v) is 8.18. The van der Waals surface area contributed by atoms with E-state index in [-0.39, 0.29) is 22.3 Å². The minimum absolute atomic E-state index is 0.0486. The Labute approximate surface area is 114 Å². The zero-order valence-electron chi connectivity index (χ0n) is 9.90. The number of nitrogens with one attached hydrogen (secondary N) is 1. The maximum absolute atomic E-state index is 12.1. The summed E-state index contributed by atoms with van der Waals surface area (Å²) in [6.07, 6.45) is 0.784. The standard InChI is InChI=1S/C10H13N3O4S2/c11-9-5-8(1-2-10(9)13(14)15)19(16,17)12-7-3-4-18-6-7/h1-2,5,7,12H,3-4,6,11H2. The van der Waals surface area contributed by atoms with Crippen molar-refractivity contribution in [2.75, 3.05) is 17.2 Å². The molecule has 19 heavy (non-hydrogen) atoms. The van der Waals surface area contributed by atoms with Gasteiger partial charge in [0.15, 0.2) is 0 Å². The second kappa shape index (κ2) is 5.35. The normalized spacial score (nSPS) is 19.5. The maximum Gasteiger partial charge on any atom is 0.292 e. The number of hydrogen-bond acceptors (Lipinski definition) is 6. The van der Waals surface area contributed by atoms with Crippen molar-refractivity contribution in [3.63, 3.8) is 0 Å². The van der Waals surface area contributed by atoms with Gasteiger partial charge in [0.05, 0.1) is 9.82 Å². The van der Waals surface area contributed by atoms with Gasteiger partial charge in [0.2, 0.25) is 10.0 Å². The van der Waals surface area contributed by atoms with Gasteiger partial charge in [0.1, 0.15) is 5.69 Å². The highest BCUT2D eigenvalue weighted by Crippen LogP contribution is 2.25. The van der Waals surface area contributed by atoms with E-state index in [1.807, 2.05) is 0 Å². The van der Waals surface area contributed by atoms with E-state index in [1.165, 1.54) is 6.07 Å². The van der Waals surface area contributed by atoms with Crippen molar-refractivity contribution in [2.45, 2.75) is 17.4 Å². The Morgan fingerprint density at radius 1 is 1.47 bits per heavy atom. The third kappa shape index (κ3) is 3.17. The number of thioether (sulfide) groups is 1. The second-order valence-electron chi connectivity index (χ2n) is 4.16. The lowest BCUT2D eigenvalue weighted by molar-refractivity contribution is -0.383. The lowest BCUT2D eigenvalue weighted by atomic mass is 10.3. The molecule has 9 heteroatoms. The molecule has 7 nitrogen and oxygen atoms in total. The molecule has 0 saturated carbocycles. The fourth-order valence-electron chi connectivity index (χ4n) is 1.78. The summed E-state index contributed by atoms with van der Waals surface area (Å²) in [5.74, 6) is 1.66. The molecule has 1 aromatic carbocycles. The van der Waals surface area contributed by atoms with Crippen LogP contribution >= 0.6 is 11.8 Å². The summed E-state index contributed by atoms with van der Waals surface area (Å²) in [6, 6.07) is 3.32. The van der Waals surface area contributed by atoms with Crippen LogP contribution in [0.25, 0.3) is 0 Å². The van der Waals surface area contributed by atoms with Crippen molar-refractivity contribution in [3.8, 4) is 0 Å². The van der Waals surface area contributed by atoms with E-state index in [9.17, 15) is 18.5 Å². The number of hydrogen-bond donors (Lipinski definition) is 2. The number of nitrogen functional groups attached to an aromatic ring is 1. The Balaban J connectivity index is 2.25. The average Bonchev–Trinajstić information content (AvgIpc) is 2.80. The molecule has 0 radical (unpaired) electrons. The number of anilines is 1. The quantitative estimate of drug-likeness (QED) is 0.486. The maximum atomic E-state index is 12.1. The first-order valence-electron chi connectivity index (χ1n) is 5.54. The largest absolute Gasteiger partial charge is 0.393 e. The van der Waals surface area contributed by atoms with E-state index in [4.69, 9.17) is 5.73 Å². The molecular weight excluding hydrogens is 290 g/mol. The number of nitro benzene ring substituents is 1. The van der Waals surface area contributed by atoms with Gasteiger partial charge in [-0.05, 0) is 24.3 Å². The first-order chi connectivity index (χ1) is 8.90. The molecular formula is C10H13N3O4S2. The number of benzene rings is 1. The van der Waals surface area contributed by atoms with E-state index in [2.05, 4.69) is 4.72 Å². The molecule has 1 heterocycles. The van der Waals surface area contributed by atoms with Gasteiger partial charge < -0.3 is 5.73 Å². The van der Waals surface area contributed by atoms with Crippen LogP contribution in [0.3, 0.4) is 0 Å². The van der Waals surface area contributed by atoms with Crippen LogP contribution in [0.1, 0.15) is 6.42 Å². The monoisotopic (exact) mass is 303 g/mol. The summed E-state index contributed by atoms with van der Waals surface area (Å²) in [6.45, 7) is 0. The number of sulfonamides is 1. The first kappa shape index (κ1) is 14.1. The van der Waals surface area contributed by atoms with E-state index < -0.39 is 14.9 Å². The van der Waals surface area contributed by atoms with E-state index in [0.29, 0.717) is 0 Å². The summed E-state index contributed by atoms with van der Waals surface area (Å²) in [5.41, 5.74) is 5.03. The van der Waals surface area contributed by atoms with E-state index in [1.54, 1.807) is 11.8 Å². The SMILES string of the molecule is Nc1cc(S(=O)(=O)NC2CCSC2)ccc1[N+](=O)[O-]. The predicted octanol–water partition coefficient (Wildman–Crippen LogP) is 0.961. The summed E-state index contributed by atoms with van der Waals surface area (Å²) < 4.78 is 26.7. The van der Waals surface area contributed by atoms with Crippen LogP contribution in [0.2, 0.25) is 0 Å². The van der Waals surface area contributed by atoms with Crippen molar-refractivity contribution in [1.29, 1.82) is 0 Å². The fourth-order valence-corrected chi connectivity index (χ4v) is 4.34. The van der Waals surface area contributed by atoms with Gasteiger partial charge in [0.25, 0.3) is 5.69 Å². The molecule has 1 aliphatic heterocycles. The molecule has 0 aliphatic carbocycles. The Morgan fingerprint density at radius 3 is 2.74 bits per heavy atom. The fraction of sp³-hybridized carbons (Fsp3) is 0.400. The average molecular weight is 303 g/mol. The van der Waals surface area contributed by atoms with Crippen LogP contribution in [0.5, 0.6) is 0 Å². The van der Waals surface area contributed by atoms with Gasteiger partial charge in [0, 0.05) is 17.9 Å². The summed E-state index contributed by atoms with van der Waals surface area (Å²) in [7, 11) is -3.67. The number of rotatable bonds is 4. The molecule has 1 saturated heterocycles. The van der Waals surface area contributed by atoms with Gasteiger partial charge >= 0.3 is 0 Å². The zero-order valence-corrected chi connectivity index (χ0v) is 11.5. The highest BCUT2D eigenvalue weighted by molar-refractivity contribution is 7.99. The van der Waals surface area contributed by atoms with Gasteiger partial charge in [-0.1, -0.05) is 0 Å². The van der Waals surface area contributed by atoms with Crippen molar-refractivity contribution in [1.82, 2.24) is 4.72 Å². The predicted molar refractivity (Wildman–Crippen MR) is 73.6 cm³/mol. The van der Waals surface area contributed by atoms with Crippen LogP contribution < -0.4 is 10.5 Å². The van der Waals surface area contributed by atoms with E-state index in [0.717, 1.165) is 30.1 Å². The molecule has 0 aromatic heterocycles. The Morgan fingerprint density at radius 2 is 2.21 bits per heavy atom. The van der Waals surface area contributed by atoms with E-state index >= 15 is 0 Å². The highest BCUT2D eigenvalue weighted by Gasteiger charge is 2.24. The highest BCUT2D eigenvalue weighted by atomic mass is 32.2. The third-order valence-corrected chi connectivity index (χ3v) is 5.44. The Bertz CT molecular complexity index is 597. The lowest BCUT2D eigenvalue weighted by Crippen LogP contribution is -2.34. The number of nitro groups is 1. The number of nitrogens with two attached hydrogens (primary N) is 1. The lowest BCUT2D eigenvalue weighted by Gasteiger charge is -2.12. The van der Waals surface area contributed by atoms with Crippen molar-refractivity contribution in [2.24, 2.45) is 0 Å². The molecule has 2 rings (SSSR count). The Hall–Kier alpha value is -1.32. The third-order valence-electron chi connectivity index (χ3n) is 2.76. The molecule has 0 bridgehead atoms. The van der Waals surface area contributed by atoms with Gasteiger partial charge in [-0.25, -0.2) is 13.1 Å². The molecule has 104 valence electrons. The van der Waals surface area contributed by atoms with Crippen LogP contribution in [0, 0.1) is 10.1 Å². The molecule has 1 aromatic rings. The molecule has 3 N–H and O–H groups in total. The molecule has 1 unspecified atom stereocenters. The summed E-state index contributed by atoms with van der Waals surface area (Å²) >= 11 is 1.69. The molecule has 0 spiro atoms. The molecule has 1 atom stereocenters. The molecule has 0 amide bonds. The van der Waals surface area contributed by atoms with Crippen molar-refractivity contribution >= 4 is 33.2 Å².